The second-order valence-electron chi connectivity index (χ2n) is 7.87. The summed E-state index contributed by atoms with van der Waals surface area (Å²) in [7, 11) is -3.72. The van der Waals surface area contributed by atoms with Crippen LogP contribution in [0.15, 0.2) is 52.2 Å². The van der Waals surface area contributed by atoms with Gasteiger partial charge in [0.25, 0.3) is 5.56 Å². The molecule has 31 heavy (non-hydrogen) atoms. The lowest BCUT2D eigenvalue weighted by atomic mass is 9.98. The van der Waals surface area contributed by atoms with Gasteiger partial charge in [-0.15, -0.1) is 0 Å². The Morgan fingerprint density at radius 3 is 2.42 bits per heavy atom. The number of rotatable bonds is 8. The van der Waals surface area contributed by atoms with Crippen LogP contribution in [0, 0.1) is 0 Å². The Morgan fingerprint density at radius 2 is 1.84 bits per heavy atom. The maximum absolute atomic E-state index is 12.6. The Bertz CT molecular complexity index is 1160. The Balaban J connectivity index is 1.69. The molecule has 0 radical (unpaired) electrons. The Morgan fingerprint density at radius 1 is 1.10 bits per heavy atom. The van der Waals surface area contributed by atoms with E-state index >= 15 is 0 Å². The third-order valence-corrected chi connectivity index (χ3v) is 7.00. The molecule has 4 rings (SSSR count). The average Bonchev–Trinajstić information content (AvgIpc) is 3.51. The molecule has 8 nitrogen and oxygen atoms in total. The highest BCUT2D eigenvalue weighted by atomic mass is 32.2. The fourth-order valence-corrected chi connectivity index (χ4v) is 4.76. The topological polar surface area (TPSA) is 128 Å². The summed E-state index contributed by atoms with van der Waals surface area (Å²) in [4.78, 5) is 27.3. The third kappa shape index (κ3) is 4.95. The van der Waals surface area contributed by atoms with Crippen molar-refractivity contribution in [3.8, 4) is 0 Å². The molecule has 1 aliphatic carbocycles. The number of nitrogens with one attached hydrogen (secondary N) is 3. The molecule has 0 bridgehead atoms. The zero-order chi connectivity index (χ0) is 22.0. The van der Waals surface area contributed by atoms with E-state index in [1.54, 1.807) is 12.1 Å². The molecule has 1 atom stereocenters. The van der Waals surface area contributed by atoms with Crippen molar-refractivity contribution in [3.05, 3.63) is 69.6 Å². The molecule has 2 aliphatic rings. The second kappa shape index (κ2) is 8.78. The summed E-state index contributed by atoms with van der Waals surface area (Å²) < 4.78 is 26.9. The number of aromatic amines is 1. The number of pyridine rings is 1. The smallest absolute Gasteiger partial charge is 0.251 e. The standard InChI is InChI=1S/C22H25N3O5S/c26-12-11-23-31(29,30)17-6-3-15(4-7-17)19(13-16-5-10-21(27)24-16)20-9-8-18(14-1-2-14)22(28)25-20/h3-4,6-9,13-14,16,23,26H,1-2,5,10-12H2,(H,24,27)(H,25,28)/t16-/m1/s1. The fourth-order valence-electron chi connectivity index (χ4n) is 3.74. The molecule has 164 valence electrons. The zero-order valence-corrected chi connectivity index (χ0v) is 17.7. The van der Waals surface area contributed by atoms with Gasteiger partial charge in [0.15, 0.2) is 0 Å². The van der Waals surface area contributed by atoms with E-state index in [-0.39, 0.29) is 35.6 Å². The lowest BCUT2D eigenvalue weighted by molar-refractivity contribution is -0.119. The number of aliphatic hydroxyl groups is 1. The van der Waals surface area contributed by atoms with E-state index in [4.69, 9.17) is 5.11 Å². The van der Waals surface area contributed by atoms with E-state index in [0.717, 1.165) is 29.5 Å². The summed E-state index contributed by atoms with van der Waals surface area (Å²) in [6.45, 7) is -0.354. The molecule has 1 aromatic carbocycles. The number of sulfonamides is 1. The van der Waals surface area contributed by atoms with Crippen molar-refractivity contribution >= 4 is 21.5 Å². The van der Waals surface area contributed by atoms with Crippen molar-refractivity contribution in [1.29, 1.82) is 0 Å². The van der Waals surface area contributed by atoms with Gasteiger partial charge in [-0.2, -0.15) is 0 Å². The van der Waals surface area contributed by atoms with Gasteiger partial charge in [-0.05, 0) is 48.9 Å². The lowest BCUT2D eigenvalue weighted by Gasteiger charge is -2.13. The first-order valence-electron chi connectivity index (χ1n) is 10.3. The van der Waals surface area contributed by atoms with Gasteiger partial charge in [-0.1, -0.05) is 24.3 Å². The molecule has 4 N–H and O–H groups in total. The molecule has 0 unspecified atom stereocenters. The van der Waals surface area contributed by atoms with Crippen LogP contribution in [0.3, 0.4) is 0 Å². The van der Waals surface area contributed by atoms with E-state index in [1.165, 1.54) is 12.1 Å². The Kier molecular flexibility index (Phi) is 6.08. The van der Waals surface area contributed by atoms with Gasteiger partial charge in [0, 0.05) is 35.8 Å². The minimum Gasteiger partial charge on any atom is -0.395 e. The van der Waals surface area contributed by atoms with Crippen molar-refractivity contribution in [1.82, 2.24) is 15.0 Å². The summed E-state index contributed by atoms with van der Waals surface area (Å²) in [6.07, 6.45) is 5.06. The molecular weight excluding hydrogens is 418 g/mol. The van der Waals surface area contributed by atoms with Crippen molar-refractivity contribution in [2.75, 3.05) is 13.2 Å². The molecule has 1 aromatic heterocycles. The molecule has 1 saturated heterocycles. The lowest BCUT2D eigenvalue weighted by Crippen LogP contribution is -2.26. The molecule has 9 heteroatoms. The summed E-state index contributed by atoms with van der Waals surface area (Å²) in [5.41, 5.74) is 2.72. The van der Waals surface area contributed by atoms with Crippen molar-refractivity contribution < 1.29 is 18.3 Å². The second-order valence-corrected chi connectivity index (χ2v) is 9.64. The number of aromatic nitrogens is 1. The SMILES string of the molecule is O=C1CC[C@H](C=C(c2ccc(S(=O)(=O)NCCO)cc2)c2ccc(C3CC3)c(=O)[nH]2)N1. The van der Waals surface area contributed by atoms with Crippen LogP contribution >= 0.6 is 0 Å². The van der Waals surface area contributed by atoms with Crippen molar-refractivity contribution in [2.45, 2.75) is 42.5 Å². The van der Waals surface area contributed by atoms with Gasteiger partial charge >= 0.3 is 0 Å². The van der Waals surface area contributed by atoms with Crippen LogP contribution in [-0.4, -0.2) is 43.6 Å². The summed E-state index contributed by atoms with van der Waals surface area (Å²) >= 11 is 0. The minimum atomic E-state index is -3.72. The van der Waals surface area contributed by atoms with Crippen LogP contribution in [0.25, 0.3) is 5.57 Å². The molecular formula is C22H25N3O5S. The van der Waals surface area contributed by atoms with E-state index in [9.17, 15) is 18.0 Å². The van der Waals surface area contributed by atoms with Gasteiger partial charge in [0.05, 0.1) is 11.5 Å². The Hall–Kier alpha value is -2.75. The zero-order valence-electron chi connectivity index (χ0n) is 16.9. The number of amides is 1. The molecule has 0 spiro atoms. The van der Waals surface area contributed by atoms with Crippen LogP contribution in [0.2, 0.25) is 0 Å². The highest BCUT2D eigenvalue weighted by Gasteiger charge is 2.27. The average molecular weight is 444 g/mol. The predicted molar refractivity (Wildman–Crippen MR) is 116 cm³/mol. The van der Waals surface area contributed by atoms with Gasteiger partial charge in [0.1, 0.15) is 0 Å². The van der Waals surface area contributed by atoms with Gasteiger partial charge in [0.2, 0.25) is 15.9 Å². The normalized spacial score (nSPS) is 19.5. The van der Waals surface area contributed by atoms with Gasteiger partial charge in [-0.25, -0.2) is 13.1 Å². The van der Waals surface area contributed by atoms with E-state index in [2.05, 4.69) is 15.0 Å². The van der Waals surface area contributed by atoms with Crippen LogP contribution in [0.1, 0.15) is 48.4 Å². The number of hydrogen-bond donors (Lipinski definition) is 4. The van der Waals surface area contributed by atoms with Crippen molar-refractivity contribution in [2.24, 2.45) is 0 Å². The molecule has 2 heterocycles. The number of carbonyl (C=O) groups is 1. The van der Waals surface area contributed by atoms with Crippen LogP contribution in [0.5, 0.6) is 0 Å². The fraction of sp³-hybridized carbons (Fsp3) is 0.364. The Labute approximate surface area is 180 Å². The largest absolute Gasteiger partial charge is 0.395 e. The molecule has 2 fully saturated rings. The first-order valence-corrected chi connectivity index (χ1v) is 11.8. The van der Waals surface area contributed by atoms with Gasteiger partial charge < -0.3 is 15.4 Å². The third-order valence-electron chi connectivity index (χ3n) is 5.52. The molecule has 1 aliphatic heterocycles. The van der Waals surface area contributed by atoms with E-state index in [1.807, 2.05) is 18.2 Å². The maximum Gasteiger partial charge on any atom is 0.251 e. The van der Waals surface area contributed by atoms with Crippen molar-refractivity contribution in [3.63, 3.8) is 0 Å². The predicted octanol–water partition coefficient (Wildman–Crippen LogP) is 1.23. The maximum atomic E-state index is 12.6. The number of aliphatic hydroxyl groups excluding tert-OH is 1. The van der Waals surface area contributed by atoms with E-state index in [0.29, 0.717) is 24.5 Å². The van der Waals surface area contributed by atoms with Gasteiger partial charge in [-0.3, -0.25) is 9.59 Å². The molecule has 1 saturated carbocycles. The first-order chi connectivity index (χ1) is 14.9. The molecule has 1 amide bonds. The highest BCUT2D eigenvalue weighted by molar-refractivity contribution is 7.89. The first kappa shape index (κ1) is 21.5. The number of H-pyrrole nitrogens is 1. The summed E-state index contributed by atoms with van der Waals surface area (Å²) in [5.74, 6) is 0.310. The highest BCUT2D eigenvalue weighted by Crippen LogP contribution is 2.38. The van der Waals surface area contributed by atoms with Crippen LogP contribution in [-0.2, 0) is 14.8 Å². The minimum absolute atomic E-state index is 0.0189. The molecule has 2 aromatic rings. The quantitative estimate of drug-likeness (QED) is 0.488. The number of hydrogen-bond acceptors (Lipinski definition) is 5. The van der Waals surface area contributed by atoms with Crippen LogP contribution < -0.4 is 15.6 Å². The monoisotopic (exact) mass is 443 g/mol. The van der Waals surface area contributed by atoms with Crippen LogP contribution in [0.4, 0.5) is 0 Å². The summed E-state index contributed by atoms with van der Waals surface area (Å²) in [6, 6.07) is 9.85. The number of benzene rings is 1. The van der Waals surface area contributed by atoms with E-state index < -0.39 is 10.0 Å². The number of carbonyl (C=O) groups excluding carboxylic acids is 1. The summed E-state index contributed by atoms with van der Waals surface area (Å²) in [5, 5.41) is 11.8.